The van der Waals surface area contributed by atoms with Gasteiger partial charge in [0.25, 0.3) is 0 Å². The van der Waals surface area contributed by atoms with Gasteiger partial charge in [0, 0.05) is 18.8 Å². The number of nitrogens with zero attached hydrogens (tertiary/aromatic N) is 1. The Morgan fingerprint density at radius 3 is 2.82 bits per heavy atom. The van der Waals surface area contributed by atoms with E-state index in [9.17, 15) is 0 Å². The van der Waals surface area contributed by atoms with Crippen LogP contribution in [0.1, 0.15) is 25.3 Å². The Kier molecular flexibility index (Phi) is 4.43. The lowest BCUT2D eigenvalue weighted by Crippen LogP contribution is -2.38. The van der Waals surface area contributed by atoms with Crippen LogP contribution in [0.2, 0.25) is 0 Å². The fourth-order valence-corrected chi connectivity index (χ4v) is 2.71. The van der Waals surface area contributed by atoms with Crippen molar-refractivity contribution >= 4 is 5.69 Å². The van der Waals surface area contributed by atoms with Gasteiger partial charge in [0.1, 0.15) is 0 Å². The Hall–Kier alpha value is -1.02. The van der Waals surface area contributed by atoms with Gasteiger partial charge in [0.05, 0.1) is 0 Å². The molecular formula is C15H24N2. The second kappa shape index (κ2) is 6.06. The summed E-state index contributed by atoms with van der Waals surface area (Å²) in [6, 6.07) is 8.71. The summed E-state index contributed by atoms with van der Waals surface area (Å²) < 4.78 is 0. The summed E-state index contributed by atoms with van der Waals surface area (Å²) in [5.74, 6) is 0.809. The van der Waals surface area contributed by atoms with E-state index in [1.807, 2.05) is 0 Å². The highest BCUT2D eigenvalue weighted by molar-refractivity contribution is 5.52. The lowest BCUT2D eigenvalue weighted by atomic mass is 9.98. The molecule has 0 spiro atoms. The molecule has 0 radical (unpaired) electrons. The van der Waals surface area contributed by atoms with Crippen molar-refractivity contribution in [2.24, 2.45) is 5.92 Å². The van der Waals surface area contributed by atoms with Gasteiger partial charge in [-0.1, -0.05) is 18.2 Å². The molecule has 1 aliphatic heterocycles. The Labute approximate surface area is 105 Å². The fraction of sp³-hybridized carbons (Fsp3) is 0.600. The molecule has 0 saturated carbocycles. The maximum Gasteiger partial charge on any atom is 0.0395 e. The van der Waals surface area contributed by atoms with E-state index in [0.29, 0.717) is 0 Å². The van der Waals surface area contributed by atoms with E-state index < -0.39 is 0 Å². The van der Waals surface area contributed by atoms with Crippen LogP contribution in [0.5, 0.6) is 0 Å². The molecule has 2 nitrogen and oxygen atoms in total. The molecule has 0 amide bonds. The van der Waals surface area contributed by atoms with Gasteiger partial charge < -0.3 is 10.2 Å². The number of anilines is 1. The van der Waals surface area contributed by atoms with Crippen molar-refractivity contribution in [3.63, 3.8) is 0 Å². The van der Waals surface area contributed by atoms with E-state index in [4.69, 9.17) is 0 Å². The fourth-order valence-electron chi connectivity index (χ4n) is 2.71. The first kappa shape index (κ1) is 12.4. The molecule has 2 rings (SSSR count). The summed E-state index contributed by atoms with van der Waals surface area (Å²) >= 11 is 0. The molecule has 0 aromatic heterocycles. The van der Waals surface area contributed by atoms with Crippen molar-refractivity contribution in [1.82, 2.24) is 5.32 Å². The summed E-state index contributed by atoms with van der Waals surface area (Å²) in [5, 5.41) is 3.50. The number of rotatable bonds is 4. The van der Waals surface area contributed by atoms with Crippen molar-refractivity contribution in [2.75, 3.05) is 31.1 Å². The van der Waals surface area contributed by atoms with E-state index in [2.05, 4.69) is 48.3 Å². The quantitative estimate of drug-likeness (QED) is 0.858. The number of benzene rings is 1. The second-order valence-electron chi connectivity index (χ2n) is 5.04. The third-order valence-electron chi connectivity index (χ3n) is 3.72. The van der Waals surface area contributed by atoms with Gasteiger partial charge >= 0.3 is 0 Å². The van der Waals surface area contributed by atoms with Crippen LogP contribution in [0, 0.1) is 12.8 Å². The number of hydrogen-bond acceptors (Lipinski definition) is 2. The minimum atomic E-state index is 0.809. The van der Waals surface area contributed by atoms with Crippen molar-refractivity contribution in [3.8, 4) is 0 Å². The smallest absolute Gasteiger partial charge is 0.0395 e. The van der Waals surface area contributed by atoms with Crippen LogP contribution >= 0.6 is 0 Å². The first-order chi connectivity index (χ1) is 8.31. The molecule has 0 aliphatic carbocycles. The van der Waals surface area contributed by atoms with Crippen LogP contribution in [0.3, 0.4) is 0 Å². The molecule has 0 bridgehead atoms. The highest BCUT2D eigenvalue weighted by atomic mass is 15.1. The summed E-state index contributed by atoms with van der Waals surface area (Å²) in [6.45, 7) is 9.13. The average Bonchev–Trinajstić information content (AvgIpc) is 2.38. The van der Waals surface area contributed by atoms with Crippen molar-refractivity contribution in [3.05, 3.63) is 29.8 Å². The molecule has 1 aromatic rings. The van der Waals surface area contributed by atoms with Crippen molar-refractivity contribution in [1.29, 1.82) is 0 Å². The van der Waals surface area contributed by atoms with Crippen molar-refractivity contribution in [2.45, 2.75) is 26.7 Å². The Balaban J connectivity index is 2.03. The number of nitrogens with one attached hydrogen (secondary N) is 1. The predicted octanol–water partition coefficient (Wildman–Crippen LogP) is 2.82. The molecule has 1 unspecified atom stereocenters. The zero-order valence-electron chi connectivity index (χ0n) is 11.1. The molecular weight excluding hydrogens is 208 g/mol. The summed E-state index contributed by atoms with van der Waals surface area (Å²) in [5.41, 5.74) is 2.79. The molecule has 94 valence electrons. The van der Waals surface area contributed by atoms with Gasteiger partial charge in [-0.2, -0.15) is 0 Å². The van der Waals surface area contributed by atoms with Crippen LogP contribution in [0.15, 0.2) is 24.3 Å². The highest BCUT2D eigenvalue weighted by Crippen LogP contribution is 2.22. The predicted molar refractivity (Wildman–Crippen MR) is 74.7 cm³/mol. The molecule has 1 atom stereocenters. The van der Waals surface area contributed by atoms with E-state index in [0.717, 1.165) is 12.5 Å². The van der Waals surface area contributed by atoms with Crippen LogP contribution in [0.25, 0.3) is 0 Å². The normalized spacial score (nSPS) is 20.2. The number of piperidine rings is 1. The summed E-state index contributed by atoms with van der Waals surface area (Å²) in [6.07, 6.45) is 2.70. The molecule has 2 heteroatoms. The Morgan fingerprint density at radius 1 is 1.35 bits per heavy atom. The highest BCUT2D eigenvalue weighted by Gasteiger charge is 2.17. The third kappa shape index (κ3) is 3.22. The molecule has 1 saturated heterocycles. The van der Waals surface area contributed by atoms with Gasteiger partial charge in [0.15, 0.2) is 0 Å². The Bertz CT molecular complexity index is 343. The second-order valence-corrected chi connectivity index (χ2v) is 5.04. The Morgan fingerprint density at radius 2 is 2.18 bits per heavy atom. The summed E-state index contributed by atoms with van der Waals surface area (Å²) in [4.78, 5) is 2.52. The average molecular weight is 232 g/mol. The monoisotopic (exact) mass is 232 g/mol. The molecule has 17 heavy (non-hydrogen) atoms. The minimum absolute atomic E-state index is 0.809. The number of aryl methyl sites for hydroxylation is 1. The molecule has 1 aliphatic rings. The van der Waals surface area contributed by atoms with E-state index in [-0.39, 0.29) is 0 Å². The number of hydrogen-bond donors (Lipinski definition) is 1. The largest absolute Gasteiger partial charge is 0.371 e. The number of para-hydroxylation sites is 1. The van der Waals surface area contributed by atoms with E-state index in [1.165, 1.54) is 43.7 Å². The molecule has 1 fully saturated rings. The maximum atomic E-state index is 3.50. The maximum absolute atomic E-state index is 3.50. The zero-order valence-corrected chi connectivity index (χ0v) is 11.1. The zero-order chi connectivity index (χ0) is 12.1. The van der Waals surface area contributed by atoms with Gasteiger partial charge in [-0.15, -0.1) is 0 Å². The van der Waals surface area contributed by atoms with E-state index >= 15 is 0 Å². The third-order valence-corrected chi connectivity index (χ3v) is 3.72. The van der Waals surface area contributed by atoms with Gasteiger partial charge in [0.2, 0.25) is 0 Å². The van der Waals surface area contributed by atoms with Crippen LogP contribution in [-0.4, -0.2) is 26.2 Å². The molecule has 1 heterocycles. The van der Waals surface area contributed by atoms with Crippen molar-refractivity contribution < 1.29 is 0 Å². The standard InChI is InChI=1S/C15H24N2/c1-3-17(12-14-8-6-10-16-11-14)15-9-5-4-7-13(15)2/h4-5,7,9,14,16H,3,6,8,10-12H2,1-2H3. The first-order valence-corrected chi connectivity index (χ1v) is 6.82. The SMILES string of the molecule is CCN(CC1CCCNC1)c1ccccc1C. The van der Waals surface area contributed by atoms with E-state index in [1.54, 1.807) is 0 Å². The van der Waals surface area contributed by atoms with Gasteiger partial charge in [-0.25, -0.2) is 0 Å². The van der Waals surface area contributed by atoms with Crippen LogP contribution in [-0.2, 0) is 0 Å². The van der Waals surface area contributed by atoms with Crippen LogP contribution < -0.4 is 10.2 Å². The van der Waals surface area contributed by atoms with Gasteiger partial charge in [-0.05, 0) is 57.3 Å². The minimum Gasteiger partial charge on any atom is -0.371 e. The van der Waals surface area contributed by atoms with Gasteiger partial charge in [-0.3, -0.25) is 0 Å². The molecule has 1 N–H and O–H groups in total. The van der Waals surface area contributed by atoms with Crippen LogP contribution in [0.4, 0.5) is 5.69 Å². The first-order valence-electron chi connectivity index (χ1n) is 6.82. The lowest BCUT2D eigenvalue weighted by Gasteiger charge is -2.31. The topological polar surface area (TPSA) is 15.3 Å². The molecule has 1 aromatic carbocycles. The summed E-state index contributed by atoms with van der Waals surface area (Å²) in [7, 11) is 0. The lowest BCUT2D eigenvalue weighted by molar-refractivity contribution is 0.378.